The first-order valence-electron chi connectivity index (χ1n) is 13.7. The second kappa shape index (κ2) is 10.8. The Balaban J connectivity index is 1.16. The fraction of sp³-hybridized carbons (Fsp3) is 0.433. The molecule has 0 N–H and O–H groups in total. The van der Waals surface area contributed by atoms with Gasteiger partial charge in [-0.15, -0.1) is 0 Å². The zero-order valence-electron chi connectivity index (χ0n) is 22.6. The van der Waals surface area contributed by atoms with Crippen LogP contribution in [0, 0.1) is 6.92 Å². The van der Waals surface area contributed by atoms with E-state index in [4.69, 9.17) is 14.7 Å². The van der Waals surface area contributed by atoms with Crippen molar-refractivity contribution in [2.24, 2.45) is 0 Å². The number of nitrogens with zero attached hydrogens (tertiary/aromatic N) is 6. The Hall–Kier alpha value is -3.72. The average Bonchev–Trinajstić information content (AvgIpc) is 2.95. The zero-order chi connectivity index (χ0) is 26.9. The van der Waals surface area contributed by atoms with Crippen LogP contribution in [0.1, 0.15) is 16.8 Å². The monoisotopic (exact) mass is 530 g/mol. The quantitative estimate of drug-likeness (QED) is 0.453. The van der Waals surface area contributed by atoms with Gasteiger partial charge < -0.3 is 19.4 Å². The molecule has 1 aromatic heterocycles. The molecule has 3 aliphatic rings. The molecule has 3 aromatic rings. The molecule has 2 aromatic carbocycles. The fourth-order valence-corrected chi connectivity index (χ4v) is 5.92. The van der Waals surface area contributed by atoms with Gasteiger partial charge in [0.15, 0.2) is 0 Å². The molecule has 9 heteroatoms. The normalized spacial score (nSPS) is 18.5. The zero-order valence-corrected chi connectivity index (χ0v) is 22.6. The fourth-order valence-electron chi connectivity index (χ4n) is 5.92. The van der Waals surface area contributed by atoms with Gasteiger partial charge in [-0.2, -0.15) is 9.97 Å². The number of fused-ring (bicyclic) bond motifs is 2. The Morgan fingerprint density at radius 3 is 2.56 bits per heavy atom. The molecule has 8 nitrogen and oxygen atoms in total. The van der Waals surface area contributed by atoms with Crippen molar-refractivity contribution in [3.8, 4) is 6.01 Å². The van der Waals surface area contributed by atoms with Crippen LogP contribution < -0.4 is 14.5 Å². The third-order valence-electron chi connectivity index (χ3n) is 8.06. The minimum Gasteiger partial charge on any atom is -0.467 e. The lowest BCUT2D eigenvalue weighted by atomic mass is 9.99. The molecule has 6 rings (SSSR count). The molecule has 4 heterocycles. The third-order valence-corrected chi connectivity index (χ3v) is 8.06. The Bertz CT molecular complexity index is 1390. The van der Waals surface area contributed by atoms with E-state index in [2.05, 4.69) is 53.1 Å². The summed E-state index contributed by atoms with van der Waals surface area (Å²) in [7, 11) is 1.61. The van der Waals surface area contributed by atoms with Crippen LogP contribution in [0.3, 0.4) is 0 Å². The number of carbonyl (C=O) groups excluding carboxylic acids is 1. The number of amides is 1. The van der Waals surface area contributed by atoms with Crippen molar-refractivity contribution >= 4 is 28.2 Å². The van der Waals surface area contributed by atoms with Crippen LogP contribution in [0.2, 0.25) is 0 Å². The van der Waals surface area contributed by atoms with Gasteiger partial charge >= 0.3 is 6.01 Å². The standard InChI is InChI=1S/C30H35FN6O2/c1-21-6-3-7-22-8-4-9-26(28(21)22)37-13-11-24-25(20-37)32-30(39-2)33-29(24)36-16-14-35(15-17-36)27(38)10-5-12-34-18-23(31)19-34/h3-10,23H,11-20H2,1-2H3/b10-5+. The predicted octanol–water partition coefficient (Wildman–Crippen LogP) is 3.37. The second-order valence-corrected chi connectivity index (χ2v) is 10.6. The number of aromatic nitrogens is 2. The summed E-state index contributed by atoms with van der Waals surface area (Å²) in [6.45, 7) is 7.94. The number of hydrogen-bond donors (Lipinski definition) is 0. The smallest absolute Gasteiger partial charge is 0.318 e. The Kier molecular flexibility index (Phi) is 7.08. The van der Waals surface area contributed by atoms with Crippen LogP contribution in [0.15, 0.2) is 48.6 Å². The van der Waals surface area contributed by atoms with Crippen molar-refractivity contribution in [2.75, 3.05) is 69.3 Å². The van der Waals surface area contributed by atoms with Crippen LogP contribution in [-0.4, -0.2) is 91.3 Å². The highest BCUT2D eigenvalue weighted by Gasteiger charge is 2.29. The maximum absolute atomic E-state index is 13.0. The summed E-state index contributed by atoms with van der Waals surface area (Å²) in [5, 5.41) is 2.53. The Labute approximate surface area is 228 Å². The maximum Gasteiger partial charge on any atom is 0.318 e. The van der Waals surface area contributed by atoms with E-state index in [1.807, 2.05) is 15.9 Å². The van der Waals surface area contributed by atoms with E-state index >= 15 is 0 Å². The van der Waals surface area contributed by atoms with Crippen molar-refractivity contribution in [3.63, 3.8) is 0 Å². The molecular weight excluding hydrogens is 495 g/mol. The Morgan fingerprint density at radius 2 is 1.82 bits per heavy atom. The van der Waals surface area contributed by atoms with Gasteiger partial charge in [-0.05, 0) is 30.4 Å². The number of likely N-dealkylation sites (tertiary alicyclic amines) is 1. The lowest BCUT2D eigenvalue weighted by Crippen LogP contribution is -2.49. The number of benzene rings is 2. The summed E-state index contributed by atoms with van der Waals surface area (Å²) >= 11 is 0. The molecule has 0 aliphatic carbocycles. The van der Waals surface area contributed by atoms with Gasteiger partial charge in [0, 0.05) is 75.1 Å². The van der Waals surface area contributed by atoms with E-state index in [-0.39, 0.29) is 5.91 Å². The number of piperazine rings is 1. The number of hydrogen-bond acceptors (Lipinski definition) is 7. The molecule has 0 bridgehead atoms. The summed E-state index contributed by atoms with van der Waals surface area (Å²) < 4.78 is 18.5. The molecule has 2 fully saturated rings. The second-order valence-electron chi connectivity index (χ2n) is 10.6. The first kappa shape index (κ1) is 25.6. The molecule has 1 amide bonds. The largest absolute Gasteiger partial charge is 0.467 e. The highest BCUT2D eigenvalue weighted by molar-refractivity contribution is 5.97. The first-order valence-corrected chi connectivity index (χ1v) is 13.7. The van der Waals surface area contributed by atoms with Crippen LogP contribution in [-0.2, 0) is 17.8 Å². The van der Waals surface area contributed by atoms with E-state index in [0.717, 1.165) is 24.5 Å². The number of carbonyl (C=O) groups is 1. The highest BCUT2D eigenvalue weighted by Crippen LogP contribution is 2.35. The van der Waals surface area contributed by atoms with E-state index in [0.29, 0.717) is 58.4 Å². The SMILES string of the molecule is COc1nc2c(c(N3CCN(C(=O)/C=C/CN4CC(F)C4)CC3)n1)CCN(c1cccc3cccc(C)c13)C2. The van der Waals surface area contributed by atoms with Crippen molar-refractivity contribution in [1.82, 2.24) is 19.8 Å². The van der Waals surface area contributed by atoms with E-state index in [1.54, 1.807) is 13.2 Å². The van der Waals surface area contributed by atoms with Gasteiger partial charge in [-0.3, -0.25) is 9.69 Å². The van der Waals surface area contributed by atoms with E-state index in [1.165, 1.54) is 27.6 Å². The summed E-state index contributed by atoms with van der Waals surface area (Å²) in [6.07, 6.45) is 3.59. The van der Waals surface area contributed by atoms with Gasteiger partial charge in [0.2, 0.25) is 5.91 Å². The highest BCUT2D eigenvalue weighted by atomic mass is 19.1. The summed E-state index contributed by atoms with van der Waals surface area (Å²) in [6, 6.07) is 13.3. The van der Waals surface area contributed by atoms with Crippen molar-refractivity contribution in [1.29, 1.82) is 0 Å². The lowest BCUT2D eigenvalue weighted by molar-refractivity contribution is -0.126. The summed E-state index contributed by atoms with van der Waals surface area (Å²) in [5.41, 5.74) is 4.67. The van der Waals surface area contributed by atoms with Crippen LogP contribution in [0.4, 0.5) is 15.9 Å². The van der Waals surface area contributed by atoms with Crippen molar-refractivity contribution < 1.29 is 13.9 Å². The van der Waals surface area contributed by atoms with Gasteiger partial charge in [-0.25, -0.2) is 4.39 Å². The number of aryl methyl sites for hydroxylation is 1. The molecular formula is C30H35FN6O2. The molecule has 39 heavy (non-hydrogen) atoms. The van der Waals surface area contributed by atoms with Gasteiger partial charge in [0.25, 0.3) is 0 Å². The van der Waals surface area contributed by atoms with Crippen LogP contribution in [0.5, 0.6) is 6.01 Å². The minimum absolute atomic E-state index is 0.00953. The lowest BCUT2D eigenvalue weighted by Gasteiger charge is -2.38. The summed E-state index contributed by atoms with van der Waals surface area (Å²) in [5.74, 6) is 0.932. The minimum atomic E-state index is -0.723. The summed E-state index contributed by atoms with van der Waals surface area (Å²) in [4.78, 5) is 30.8. The molecule has 0 spiro atoms. The van der Waals surface area contributed by atoms with E-state index < -0.39 is 6.17 Å². The number of anilines is 2. The van der Waals surface area contributed by atoms with Crippen molar-refractivity contribution in [2.45, 2.75) is 26.1 Å². The molecule has 0 radical (unpaired) electrons. The predicted molar refractivity (Wildman–Crippen MR) is 151 cm³/mol. The van der Waals surface area contributed by atoms with Crippen LogP contribution >= 0.6 is 0 Å². The number of ether oxygens (including phenoxy) is 1. The number of rotatable bonds is 6. The van der Waals surface area contributed by atoms with E-state index in [9.17, 15) is 9.18 Å². The number of halogens is 1. The average molecular weight is 531 g/mol. The molecule has 0 atom stereocenters. The number of alkyl halides is 1. The molecule has 204 valence electrons. The van der Waals surface area contributed by atoms with Gasteiger partial charge in [0.05, 0.1) is 19.3 Å². The van der Waals surface area contributed by atoms with Crippen LogP contribution in [0.25, 0.3) is 10.8 Å². The topological polar surface area (TPSA) is 65.0 Å². The van der Waals surface area contributed by atoms with Gasteiger partial charge in [0.1, 0.15) is 12.0 Å². The van der Waals surface area contributed by atoms with Gasteiger partial charge in [-0.1, -0.05) is 36.4 Å². The molecule has 0 unspecified atom stereocenters. The molecule has 3 aliphatic heterocycles. The number of methoxy groups -OCH3 is 1. The Morgan fingerprint density at radius 1 is 1.05 bits per heavy atom. The third kappa shape index (κ3) is 5.15. The first-order chi connectivity index (χ1) is 19.0. The molecule has 0 saturated carbocycles. The van der Waals surface area contributed by atoms with Crippen molar-refractivity contribution in [3.05, 3.63) is 65.4 Å². The maximum atomic E-state index is 13.0. The molecule has 2 saturated heterocycles.